The van der Waals surface area contributed by atoms with Crippen molar-refractivity contribution in [1.29, 1.82) is 0 Å². The van der Waals surface area contributed by atoms with E-state index < -0.39 is 17.6 Å². The van der Waals surface area contributed by atoms with Crippen molar-refractivity contribution in [2.45, 2.75) is 31.2 Å². The van der Waals surface area contributed by atoms with Crippen LogP contribution in [-0.2, 0) is 9.59 Å². The van der Waals surface area contributed by atoms with E-state index >= 15 is 0 Å². The number of hydrogen-bond acceptors (Lipinski definition) is 2. The van der Waals surface area contributed by atoms with Crippen molar-refractivity contribution in [3.63, 3.8) is 0 Å². The molecule has 2 saturated carbocycles. The van der Waals surface area contributed by atoms with Gasteiger partial charge in [0.15, 0.2) is 0 Å². The molecule has 2 atom stereocenters. The van der Waals surface area contributed by atoms with Gasteiger partial charge >= 0.3 is 5.97 Å². The lowest BCUT2D eigenvalue weighted by molar-refractivity contribution is -0.146. The molecule has 3 rings (SSSR count). The Bertz CT molecular complexity index is 599. The maximum Gasteiger partial charge on any atom is 0.306 e. The fourth-order valence-corrected chi connectivity index (χ4v) is 2.88. The number of amides is 1. The SMILES string of the molecule is O=C(O)C1CC(NC(=O)C2CC2c2ccc(F)cc2F)C1. The number of benzene rings is 1. The summed E-state index contributed by atoms with van der Waals surface area (Å²) < 4.78 is 26.5. The molecule has 4 nitrogen and oxygen atoms in total. The van der Waals surface area contributed by atoms with Gasteiger partial charge in [-0.15, -0.1) is 0 Å². The van der Waals surface area contributed by atoms with Crippen molar-refractivity contribution in [3.8, 4) is 0 Å². The standard InChI is InChI=1S/C15H15F2NO3/c16-8-1-2-10(13(17)5-8)11-6-12(11)14(19)18-9-3-7(4-9)15(20)21/h1-2,5,7,9,11-12H,3-4,6H2,(H,18,19)(H,20,21). The Balaban J connectivity index is 1.53. The number of carbonyl (C=O) groups excluding carboxylic acids is 1. The Morgan fingerprint density at radius 1 is 1.19 bits per heavy atom. The van der Waals surface area contributed by atoms with Crippen molar-refractivity contribution < 1.29 is 23.5 Å². The van der Waals surface area contributed by atoms with Gasteiger partial charge in [0.25, 0.3) is 0 Å². The first kappa shape index (κ1) is 14.0. The minimum absolute atomic E-state index is 0.0992. The topological polar surface area (TPSA) is 66.4 Å². The van der Waals surface area contributed by atoms with E-state index in [2.05, 4.69) is 5.32 Å². The second-order valence-electron chi connectivity index (χ2n) is 5.83. The molecule has 2 unspecified atom stereocenters. The van der Waals surface area contributed by atoms with Gasteiger partial charge in [-0.2, -0.15) is 0 Å². The third kappa shape index (κ3) is 2.75. The average molecular weight is 295 g/mol. The molecular formula is C15H15F2NO3. The average Bonchev–Trinajstić information content (AvgIpc) is 3.12. The van der Waals surface area contributed by atoms with Gasteiger partial charge in [0.05, 0.1) is 5.92 Å². The van der Waals surface area contributed by atoms with E-state index in [-0.39, 0.29) is 29.7 Å². The number of nitrogens with one attached hydrogen (secondary N) is 1. The highest BCUT2D eigenvalue weighted by molar-refractivity contribution is 5.83. The molecule has 1 aromatic carbocycles. The van der Waals surface area contributed by atoms with Gasteiger partial charge in [0.2, 0.25) is 5.91 Å². The minimum atomic E-state index is -0.835. The van der Waals surface area contributed by atoms with Crippen LogP contribution < -0.4 is 5.32 Å². The number of halogens is 2. The van der Waals surface area contributed by atoms with Gasteiger partial charge in [0, 0.05) is 18.0 Å². The first-order valence-electron chi connectivity index (χ1n) is 6.94. The van der Waals surface area contributed by atoms with Crippen molar-refractivity contribution >= 4 is 11.9 Å². The summed E-state index contributed by atoms with van der Waals surface area (Å²) in [5.41, 5.74) is 0.369. The largest absolute Gasteiger partial charge is 0.481 e. The lowest BCUT2D eigenvalue weighted by Gasteiger charge is -2.32. The fraction of sp³-hybridized carbons (Fsp3) is 0.467. The molecule has 2 N–H and O–H groups in total. The molecule has 1 amide bonds. The van der Waals surface area contributed by atoms with Crippen LogP contribution in [0.25, 0.3) is 0 Å². The lowest BCUT2D eigenvalue weighted by Crippen LogP contribution is -2.47. The van der Waals surface area contributed by atoms with Gasteiger partial charge in [-0.25, -0.2) is 8.78 Å². The summed E-state index contributed by atoms with van der Waals surface area (Å²) in [4.78, 5) is 22.7. The number of carbonyl (C=O) groups is 2. The van der Waals surface area contributed by atoms with Gasteiger partial charge in [-0.3, -0.25) is 9.59 Å². The molecule has 2 aliphatic rings. The summed E-state index contributed by atoms with van der Waals surface area (Å²) in [5, 5.41) is 11.6. The van der Waals surface area contributed by atoms with Gasteiger partial charge in [0.1, 0.15) is 11.6 Å². The fourth-order valence-electron chi connectivity index (χ4n) is 2.88. The highest BCUT2D eigenvalue weighted by Gasteiger charge is 2.46. The second kappa shape index (κ2) is 5.09. The van der Waals surface area contributed by atoms with Crippen LogP contribution in [0.4, 0.5) is 8.78 Å². The molecule has 1 aromatic rings. The molecule has 0 spiro atoms. The van der Waals surface area contributed by atoms with Crippen molar-refractivity contribution in [1.82, 2.24) is 5.32 Å². The third-order valence-electron chi connectivity index (χ3n) is 4.32. The molecule has 0 aromatic heterocycles. The first-order chi connectivity index (χ1) is 9.95. The maximum absolute atomic E-state index is 13.6. The van der Waals surface area contributed by atoms with Crippen molar-refractivity contribution in [2.75, 3.05) is 0 Å². The van der Waals surface area contributed by atoms with E-state index in [1.807, 2.05) is 0 Å². The quantitative estimate of drug-likeness (QED) is 0.893. The summed E-state index contributed by atoms with van der Waals surface area (Å²) in [5.74, 6) is -3.14. The van der Waals surface area contributed by atoms with Crippen LogP contribution in [0.15, 0.2) is 18.2 Å². The van der Waals surface area contributed by atoms with Crippen LogP contribution in [0.3, 0.4) is 0 Å². The summed E-state index contributed by atoms with van der Waals surface area (Å²) in [7, 11) is 0. The normalized spacial score (nSPS) is 30.4. The molecule has 112 valence electrons. The number of rotatable bonds is 4. The third-order valence-corrected chi connectivity index (χ3v) is 4.32. The van der Waals surface area contributed by atoms with Gasteiger partial charge in [-0.05, 0) is 36.8 Å². The number of aliphatic carboxylic acids is 1. The van der Waals surface area contributed by atoms with Crippen LogP contribution in [0.1, 0.15) is 30.7 Å². The Hall–Kier alpha value is -1.98. The van der Waals surface area contributed by atoms with E-state index in [0.717, 1.165) is 6.07 Å². The minimum Gasteiger partial charge on any atom is -0.481 e. The summed E-state index contributed by atoms with van der Waals surface area (Å²) >= 11 is 0. The zero-order valence-electron chi connectivity index (χ0n) is 11.2. The summed E-state index contributed by atoms with van der Waals surface area (Å²) in [6.45, 7) is 0. The van der Waals surface area contributed by atoms with E-state index in [1.165, 1.54) is 12.1 Å². The summed E-state index contributed by atoms with van der Waals surface area (Å²) in [6.07, 6.45) is 1.44. The number of carboxylic acid groups (broad SMARTS) is 1. The van der Waals surface area contributed by atoms with Crippen LogP contribution in [0.2, 0.25) is 0 Å². The zero-order valence-corrected chi connectivity index (χ0v) is 11.2. The Labute approximate surface area is 120 Å². The predicted molar refractivity (Wildman–Crippen MR) is 69.5 cm³/mol. The first-order valence-corrected chi connectivity index (χ1v) is 6.94. The number of hydrogen-bond donors (Lipinski definition) is 2. The summed E-state index contributed by atoms with van der Waals surface area (Å²) in [6, 6.07) is 3.30. The van der Waals surface area contributed by atoms with Crippen LogP contribution in [-0.4, -0.2) is 23.0 Å². The van der Waals surface area contributed by atoms with Gasteiger partial charge in [-0.1, -0.05) is 6.07 Å². The monoisotopic (exact) mass is 295 g/mol. The molecule has 2 fully saturated rings. The lowest BCUT2D eigenvalue weighted by atomic mass is 9.80. The van der Waals surface area contributed by atoms with Crippen molar-refractivity contribution in [3.05, 3.63) is 35.4 Å². The van der Waals surface area contributed by atoms with Gasteiger partial charge < -0.3 is 10.4 Å². The molecule has 6 heteroatoms. The maximum atomic E-state index is 13.6. The molecule has 0 heterocycles. The van der Waals surface area contributed by atoms with E-state index in [0.29, 0.717) is 24.8 Å². The second-order valence-corrected chi connectivity index (χ2v) is 5.83. The molecule has 0 bridgehead atoms. The molecule has 21 heavy (non-hydrogen) atoms. The predicted octanol–water partition coefficient (Wildman–Crippen LogP) is 2.05. The highest BCUT2D eigenvalue weighted by Crippen LogP contribution is 2.48. The zero-order chi connectivity index (χ0) is 15.1. The Morgan fingerprint density at radius 3 is 2.52 bits per heavy atom. The Morgan fingerprint density at radius 2 is 1.90 bits per heavy atom. The molecule has 2 aliphatic carbocycles. The van der Waals surface area contributed by atoms with E-state index in [4.69, 9.17) is 5.11 Å². The Kier molecular flexibility index (Phi) is 3.39. The van der Waals surface area contributed by atoms with Crippen LogP contribution in [0, 0.1) is 23.5 Å². The van der Waals surface area contributed by atoms with Crippen molar-refractivity contribution in [2.24, 2.45) is 11.8 Å². The molecule has 0 aliphatic heterocycles. The van der Waals surface area contributed by atoms with E-state index in [9.17, 15) is 18.4 Å². The molecule has 0 saturated heterocycles. The smallest absolute Gasteiger partial charge is 0.306 e. The molecular weight excluding hydrogens is 280 g/mol. The highest BCUT2D eigenvalue weighted by atomic mass is 19.1. The number of carboxylic acids is 1. The van der Waals surface area contributed by atoms with Crippen LogP contribution in [0.5, 0.6) is 0 Å². The van der Waals surface area contributed by atoms with Crippen LogP contribution >= 0.6 is 0 Å². The van der Waals surface area contributed by atoms with E-state index in [1.54, 1.807) is 0 Å². The molecule has 0 radical (unpaired) electrons.